The van der Waals surface area contributed by atoms with E-state index in [9.17, 15) is 25.2 Å². The van der Waals surface area contributed by atoms with E-state index < -0.39 is 39.8 Å². The van der Waals surface area contributed by atoms with Gasteiger partial charge in [-0.05, 0) is 150 Å². The van der Waals surface area contributed by atoms with Gasteiger partial charge in [0.15, 0.2) is 5.78 Å². The van der Waals surface area contributed by atoms with Gasteiger partial charge < -0.3 is 41.0 Å². The summed E-state index contributed by atoms with van der Waals surface area (Å²) in [5.41, 5.74) is 2.45. The Morgan fingerprint density at radius 3 is 2.45 bits per heavy atom. The molecule has 0 amide bonds. The standard InChI is InChI=1S/C47H78N2O7/c1-29-17-22-55-46(26-29,41-40(56-41)45(5,53)42(2,28-50)18-13-31-16-21-49-38(48)23-31)37-15-20-47(54)35-25-36(52)34-24-33(51)14-19-43(34,3)39(35)32(27-44(37,47)4)12-11-30-9-7-6-8-10-30/h25,29-34,37-41,49-51,53-54H,6-24,26-28,48H2,1-5H3. The number of aliphatic hydroxyl groups excluding tert-OH is 2. The van der Waals surface area contributed by atoms with Crippen LogP contribution in [0.1, 0.15) is 157 Å². The zero-order valence-corrected chi connectivity index (χ0v) is 35.6. The normalized spacial score (nSPS) is 49.2. The third-order valence-corrected chi connectivity index (χ3v) is 18.8. The number of ketones is 1. The topological polar surface area (TPSA) is 158 Å². The number of aliphatic hydroxyl groups is 4. The Labute approximate surface area is 337 Å². The Kier molecular flexibility index (Phi) is 11.4. The summed E-state index contributed by atoms with van der Waals surface area (Å²) < 4.78 is 13.9. The summed E-state index contributed by atoms with van der Waals surface area (Å²) in [4.78, 5) is 14.2. The molecule has 8 aliphatic rings. The lowest BCUT2D eigenvalue weighted by atomic mass is 9.42. The lowest BCUT2D eigenvalue weighted by molar-refractivity contribution is -0.201. The molecule has 9 nitrogen and oxygen atoms in total. The van der Waals surface area contributed by atoms with Crippen molar-refractivity contribution in [1.82, 2.24) is 5.32 Å². The molecule has 4 saturated carbocycles. The molecule has 7 fully saturated rings. The Hall–Kier alpha value is -0.910. The van der Waals surface area contributed by atoms with Crippen molar-refractivity contribution in [3.8, 4) is 0 Å². The second-order valence-electron chi connectivity index (χ2n) is 22.1. The van der Waals surface area contributed by atoms with Gasteiger partial charge in [-0.2, -0.15) is 0 Å². The van der Waals surface area contributed by atoms with E-state index in [1.165, 1.54) is 38.5 Å². The maximum Gasteiger partial charge on any atom is 0.159 e. The monoisotopic (exact) mass is 783 g/mol. The number of allylic oxidation sites excluding steroid dienone is 1. The van der Waals surface area contributed by atoms with Gasteiger partial charge in [0.05, 0.1) is 30.1 Å². The maximum atomic E-state index is 14.2. The number of ether oxygens (including phenoxy) is 2. The number of carbonyl (C=O) groups is 1. The van der Waals surface area contributed by atoms with Crippen LogP contribution in [-0.4, -0.2) is 87.2 Å². The fraction of sp³-hybridized carbons (Fsp3) is 0.936. The summed E-state index contributed by atoms with van der Waals surface area (Å²) in [6, 6.07) is 0. The molecule has 16 atom stereocenters. The predicted molar refractivity (Wildman–Crippen MR) is 217 cm³/mol. The lowest BCUT2D eigenvalue weighted by Gasteiger charge is -2.63. The second-order valence-corrected chi connectivity index (χ2v) is 22.1. The minimum absolute atomic E-state index is 0.00761. The third-order valence-electron chi connectivity index (χ3n) is 18.8. The summed E-state index contributed by atoms with van der Waals surface area (Å²) in [5.74, 6) is 1.89. The number of epoxide rings is 1. The molecule has 3 heterocycles. The van der Waals surface area contributed by atoms with Gasteiger partial charge >= 0.3 is 0 Å². The Balaban J connectivity index is 1.13. The number of nitrogens with one attached hydrogen (secondary N) is 1. The van der Waals surface area contributed by atoms with Crippen LogP contribution in [0.3, 0.4) is 0 Å². The van der Waals surface area contributed by atoms with Crippen LogP contribution in [0.25, 0.3) is 0 Å². The molecule has 318 valence electrons. The van der Waals surface area contributed by atoms with E-state index in [-0.39, 0.29) is 47.8 Å². The Morgan fingerprint density at radius 2 is 1.73 bits per heavy atom. The predicted octanol–water partition coefficient (Wildman–Crippen LogP) is 6.57. The van der Waals surface area contributed by atoms with E-state index >= 15 is 0 Å². The van der Waals surface area contributed by atoms with E-state index in [4.69, 9.17) is 15.2 Å². The molecular weight excluding hydrogens is 705 g/mol. The zero-order chi connectivity index (χ0) is 39.9. The Bertz CT molecular complexity index is 1480. The van der Waals surface area contributed by atoms with E-state index in [1.807, 2.05) is 19.9 Å². The fourth-order valence-corrected chi connectivity index (χ4v) is 15.0. The first-order chi connectivity index (χ1) is 26.5. The molecule has 9 heteroatoms. The van der Waals surface area contributed by atoms with Crippen LogP contribution in [0.4, 0.5) is 0 Å². The highest BCUT2D eigenvalue weighted by molar-refractivity contribution is 5.95. The average molecular weight is 783 g/mol. The van der Waals surface area contributed by atoms with E-state index in [0.29, 0.717) is 50.0 Å². The maximum absolute atomic E-state index is 14.2. The van der Waals surface area contributed by atoms with Gasteiger partial charge in [0.2, 0.25) is 0 Å². The van der Waals surface area contributed by atoms with Gasteiger partial charge in [-0.15, -0.1) is 0 Å². The molecule has 0 aromatic carbocycles. The highest BCUT2D eigenvalue weighted by Crippen LogP contribution is 2.72. The van der Waals surface area contributed by atoms with Gasteiger partial charge in [0.1, 0.15) is 17.8 Å². The van der Waals surface area contributed by atoms with Gasteiger partial charge in [-0.25, -0.2) is 0 Å². The van der Waals surface area contributed by atoms with Crippen molar-refractivity contribution in [3.63, 3.8) is 0 Å². The second kappa shape index (κ2) is 15.2. The van der Waals surface area contributed by atoms with Crippen LogP contribution in [0.15, 0.2) is 11.6 Å². The number of rotatable bonds is 11. The van der Waals surface area contributed by atoms with Gasteiger partial charge in [-0.3, -0.25) is 4.79 Å². The summed E-state index contributed by atoms with van der Waals surface area (Å²) in [5, 5.41) is 51.2. The summed E-state index contributed by atoms with van der Waals surface area (Å²) in [6.45, 7) is 12.2. The van der Waals surface area contributed by atoms with Crippen LogP contribution in [0.2, 0.25) is 0 Å². The van der Waals surface area contributed by atoms with Crippen molar-refractivity contribution in [1.29, 1.82) is 0 Å². The lowest BCUT2D eigenvalue weighted by Crippen LogP contribution is -2.65. The van der Waals surface area contributed by atoms with Crippen molar-refractivity contribution in [2.45, 2.75) is 198 Å². The van der Waals surface area contributed by atoms with Crippen LogP contribution in [0, 0.1) is 57.7 Å². The number of fused-ring (bicyclic) bond motifs is 5. The molecular formula is C47H78N2O7. The molecule has 16 unspecified atom stereocenters. The molecule has 5 aliphatic carbocycles. The average Bonchev–Trinajstić information content (AvgIpc) is 3.94. The Morgan fingerprint density at radius 1 is 0.964 bits per heavy atom. The molecule has 0 spiro atoms. The number of nitrogens with two attached hydrogens (primary N) is 1. The minimum atomic E-state index is -1.30. The fourth-order valence-electron chi connectivity index (χ4n) is 15.0. The molecule has 0 radical (unpaired) electrons. The summed E-state index contributed by atoms with van der Waals surface area (Å²) in [7, 11) is 0. The first-order valence-electron chi connectivity index (χ1n) is 23.3. The van der Waals surface area contributed by atoms with Crippen molar-refractivity contribution >= 4 is 5.78 Å². The number of hydrogen-bond donors (Lipinski definition) is 6. The van der Waals surface area contributed by atoms with Gasteiger partial charge in [-0.1, -0.05) is 66.2 Å². The first-order valence-corrected chi connectivity index (χ1v) is 23.3. The largest absolute Gasteiger partial charge is 0.396 e. The molecule has 56 heavy (non-hydrogen) atoms. The highest BCUT2D eigenvalue weighted by Gasteiger charge is 2.76. The van der Waals surface area contributed by atoms with Crippen LogP contribution >= 0.6 is 0 Å². The number of piperidine rings is 1. The molecule has 7 N–H and O–H groups in total. The molecule has 0 aromatic heterocycles. The molecule has 3 aliphatic heterocycles. The van der Waals surface area contributed by atoms with Gasteiger partial charge in [0.25, 0.3) is 0 Å². The SMILES string of the molecule is CC1CCOC(C2OC2C(C)(O)C(C)(CO)CCC2CCNC(N)C2)(C2CCC3(O)C4=CC(=O)C5CC(O)CCC5(C)C4C(CCC4CCCCC4)CC23C)C1. The third kappa shape index (κ3) is 6.75. The summed E-state index contributed by atoms with van der Waals surface area (Å²) >= 11 is 0. The number of hydrogen-bond acceptors (Lipinski definition) is 9. The molecule has 0 aromatic rings. The zero-order valence-electron chi connectivity index (χ0n) is 35.6. The van der Waals surface area contributed by atoms with E-state index in [2.05, 4.69) is 26.1 Å². The number of carbonyl (C=O) groups excluding carboxylic acids is 1. The van der Waals surface area contributed by atoms with Crippen LogP contribution in [-0.2, 0) is 14.3 Å². The van der Waals surface area contributed by atoms with Crippen molar-refractivity contribution in [2.75, 3.05) is 19.8 Å². The smallest absolute Gasteiger partial charge is 0.159 e. The van der Waals surface area contributed by atoms with Crippen molar-refractivity contribution < 1.29 is 34.7 Å². The molecule has 0 bridgehead atoms. The highest BCUT2D eigenvalue weighted by atomic mass is 16.6. The minimum Gasteiger partial charge on any atom is -0.396 e. The molecule has 8 rings (SSSR count). The first kappa shape index (κ1) is 41.8. The van der Waals surface area contributed by atoms with E-state index in [0.717, 1.165) is 75.8 Å². The summed E-state index contributed by atoms with van der Waals surface area (Å²) in [6.07, 6.45) is 19.0. The van der Waals surface area contributed by atoms with Crippen molar-refractivity contribution in [2.24, 2.45) is 63.4 Å². The molecule has 3 saturated heterocycles. The quantitative estimate of drug-likeness (QED) is 0.128. The van der Waals surface area contributed by atoms with E-state index in [1.54, 1.807) is 0 Å². The van der Waals surface area contributed by atoms with Crippen LogP contribution in [0.5, 0.6) is 0 Å². The van der Waals surface area contributed by atoms with Crippen molar-refractivity contribution in [3.05, 3.63) is 11.6 Å². The van der Waals surface area contributed by atoms with Crippen LogP contribution < -0.4 is 11.1 Å². The van der Waals surface area contributed by atoms with Gasteiger partial charge in [0, 0.05) is 23.4 Å².